The first-order chi connectivity index (χ1) is 14.3. The number of hydrogen-bond acceptors (Lipinski definition) is 6. The van der Waals surface area contributed by atoms with Crippen molar-refractivity contribution in [2.45, 2.75) is 19.6 Å². The van der Waals surface area contributed by atoms with Crippen LogP contribution in [0.3, 0.4) is 0 Å². The Morgan fingerprint density at radius 3 is 2.53 bits per heavy atom. The van der Waals surface area contributed by atoms with Crippen LogP contribution in [0.2, 0.25) is 0 Å². The quantitative estimate of drug-likeness (QED) is 0.665. The highest BCUT2D eigenvalue weighted by Gasteiger charge is 2.37. The van der Waals surface area contributed by atoms with E-state index in [1.807, 2.05) is 6.07 Å². The summed E-state index contributed by atoms with van der Waals surface area (Å²) in [5, 5.41) is 0. The molecule has 3 rings (SSSR count). The molecule has 162 valence electrons. The van der Waals surface area contributed by atoms with E-state index in [-0.39, 0.29) is 18.2 Å². The third-order valence-corrected chi connectivity index (χ3v) is 6.70. The van der Waals surface area contributed by atoms with E-state index in [0.717, 1.165) is 5.56 Å². The van der Waals surface area contributed by atoms with Gasteiger partial charge in [0.25, 0.3) is 5.91 Å². The number of benzene rings is 2. The first-order valence-electron chi connectivity index (χ1n) is 9.52. The fraction of sp³-hybridized carbons (Fsp3) is 0.381. The highest BCUT2D eigenvalue weighted by atomic mass is 32.2. The van der Waals surface area contributed by atoms with Crippen molar-refractivity contribution in [2.75, 3.05) is 37.9 Å². The van der Waals surface area contributed by atoms with E-state index in [9.17, 15) is 13.2 Å². The molecule has 8 nitrogen and oxygen atoms in total. The van der Waals surface area contributed by atoms with E-state index in [1.54, 1.807) is 64.6 Å². The van der Waals surface area contributed by atoms with E-state index in [1.165, 1.54) is 9.21 Å². The van der Waals surface area contributed by atoms with Gasteiger partial charge in [-0.3, -0.25) is 9.10 Å². The minimum Gasteiger partial charge on any atom is -0.493 e. The zero-order valence-corrected chi connectivity index (χ0v) is 18.3. The summed E-state index contributed by atoms with van der Waals surface area (Å²) in [6.45, 7) is 1.82. The lowest BCUT2D eigenvalue weighted by Crippen LogP contribution is -2.51. The molecule has 1 atom stereocenters. The molecule has 0 saturated heterocycles. The average Bonchev–Trinajstić information content (AvgIpc) is 2.77. The lowest BCUT2D eigenvalue weighted by molar-refractivity contribution is -0.137. The number of carbonyl (C=O) groups excluding carboxylic acids is 1. The maximum Gasteiger partial charge on any atom is 0.265 e. The molecule has 0 fully saturated rings. The largest absolute Gasteiger partial charge is 0.493 e. The van der Waals surface area contributed by atoms with Gasteiger partial charge in [0, 0.05) is 13.6 Å². The Labute approximate surface area is 177 Å². The predicted molar refractivity (Wildman–Crippen MR) is 114 cm³/mol. The minimum atomic E-state index is -3.55. The fourth-order valence-electron chi connectivity index (χ4n) is 3.33. The average molecular weight is 435 g/mol. The number of nitrogens with zero attached hydrogens (tertiary/aromatic N) is 2. The Morgan fingerprint density at radius 2 is 1.87 bits per heavy atom. The molecule has 2 aromatic rings. The summed E-state index contributed by atoms with van der Waals surface area (Å²) in [7, 11) is 1.21. The van der Waals surface area contributed by atoms with E-state index >= 15 is 0 Å². The molecule has 0 N–H and O–H groups in total. The molecule has 0 aromatic heterocycles. The maximum atomic E-state index is 13.1. The molecule has 0 bridgehead atoms. The lowest BCUT2D eigenvalue weighted by atomic mass is 10.1. The molecule has 1 heterocycles. The van der Waals surface area contributed by atoms with Crippen molar-refractivity contribution < 1.29 is 27.4 Å². The third kappa shape index (κ3) is 4.30. The van der Waals surface area contributed by atoms with Crippen molar-refractivity contribution in [1.82, 2.24) is 4.90 Å². The molecule has 1 aliphatic heterocycles. The number of para-hydroxylation sites is 2. The first kappa shape index (κ1) is 21.8. The van der Waals surface area contributed by atoms with Crippen LogP contribution in [-0.2, 0) is 21.4 Å². The summed E-state index contributed by atoms with van der Waals surface area (Å²) >= 11 is 0. The molecule has 2 aromatic carbocycles. The number of anilines is 1. The van der Waals surface area contributed by atoms with Gasteiger partial charge in [-0.2, -0.15) is 0 Å². The Balaban J connectivity index is 1.81. The molecule has 1 amide bonds. The summed E-state index contributed by atoms with van der Waals surface area (Å²) in [4.78, 5) is 14.6. The number of likely N-dealkylation sites (N-methyl/N-ethyl adjacent to an activating group) is 1. The van der Waals surface area contributed by atoms with Gasteiger partial charge in [0.05, 0.1) is 32.2 Å². The standard InChI is InChI=1S/C21H26N2O6S/c1-5-30(25,26)23-14-20(29-17-9-7-6-8-16(17)23)21(24)22(2)13-15-10-11-18(27-3)19(12-15)28-4/h6-12,20H,5,13-14H2,1-4H3/t20-/m0/s1. The van der Waals surface area contributed by atoms with Gasteiger partial charge in [0.2, 0.25) is 10.0 Å². The van der Waals surface area contributed by atoms with Crippen LogP contribution in [0.25, 0.3) is 0 Å². The van der Waals surface area contributed by atoms with Gasteiger partial charge in [-0.15, -0.1) is 0 Å². The Kier molecular flexibility index (Phi) is 6.40. The second-order valence-electron chi connectivity index (χ2n) is 6.89. The van der Waals surface area contributed by atoms with E-state index in [2.05, 4.69) is 0 Å². The molecule has 30 heavy (non-hydrogen) atoms. The van der Waals surface area contributed by atoms with Crippen molar-refractivity contribution in [3.05, 3.63) is 48.0 Å². The van der Waals surface area contributed by atoms with Gasteiger partial charge in [0.15, 0.2) is 17.6 Å². The number of fused-ring (bicyclic) bond motifs is 1. The van der Waals surface area contributed by atoms with Gasteiger partial charge in [-0.25, -0.2) is 8.42 Å². The van der Waals surface area contributed by atoms with Crippen molar-refractivity contribution in [3.63, 3.8) is 0 Å². The smallest absolute Gasteiger partial charge is 0.265 e. The molecule has 9 heteroatoms. The number of carbonyl (C=O) groups is 1. The van der Waals surface area contributed by atoms with E-state index < -0.39 is 16.1 Å². The fourth-order valence-corrected chi connectivity index (χ4v) is 4.45. The molecule has 0 unspecified atom stereocenters. The zero-order chi connectivity index (χ0) is 21.9. The molecule has 0 spiro atoms. The van der Waals surface area contributed by atoms with Gasteiger partial charge < -0.3 is 19.1 Å². The van der Waals surface area contributed by atoms with Crippen LogP contribution < -0.4 is 18.5 Å². The summed E-state index contributed by atoms with van der Waals surface area (Å²) in [6, 6.07) is 12.2. The van der Waals surface area contributed by atoms with Crippen LogP contribution in [0.5, 0.6) is 17.2 Å². The van der Waals surface area contributed by atoms with Gasteiger partial charge in [-0.1, -0.05) is 18.2 Å². The number of methoxy groups -OCH3 is 2. The lowest BCUT2D eigenvalue weighted by Gasteiger charge is -2.36. The van der Waals surface area contributed by atoms with Crippen LogP contribution in [-0.4, -0.2) is 58.9 Å². The number of rotatable bonds is 7. The number of sulfonamides is 1. The Bertz CT molecular complexity index is 1020. The summed E-state index contributed by atoms with van der Waals surface area (Å²) in [6.07, 6.45) is -0.939. The SMILES string of the molecule is CCS(=O)(=O)N1C[C@@H](C(=O)N(C)Cc2ccc(OC)c(OC)c2)Oc2ccccc21. The Morgan fingerprint density at radius 1 is 1.17 bits per heavy atom. The van der Waals surface area contributed by atoms with Crippen LogP contribution in [0.15, 0.2) is 42.5 Å². The molecule has 1 aliphatic rings. The summed E-state index contributed by atoms with van der Waals surface area (Å²) in [5.41, 5.74) is 1.30. The van der Waals surface area contributed by atoms with Gasteiger partial charge in [0.1, 0.15) is 5.75 Å². The highest BCUT2D eigenvalue weighted by molar-refractivity contribution is 7.92. The monoisotopic (exact) mass is 434 g/mol. The number of amides is 1. The second kappa shape index (κ2) is 8.83. The molecule has 0 saturated carbocycles. The normalized spacial score (nSPS) is 15.7. The van der Waals surface area contributed by atoms with Gasteiger partial charge in [-0.05, 0) is 36.8 Å². The van der Waals surface area contributed by atoms with Crippen molar-refractivity contribution in [1.29, 1.82) is 0 Å². The van der Waals surface area contributed by atoms with Crippen LogP contribution in [0, 0.1) is 0 Å². The number of hydrogen-bond donors (Lipinski definition) is 0. The van der Waals surface area contributed by atoms with E-state index in [0.29, 0.717) is 29.5 Å². The third-order valence-electron chi connectivity index (χ3n) is 4.95. The molecular formula is C21H26N2O6S. The molecule has 0 radical (unpaired) electrons. The Hall–Kier alpha value is -2.94. The van der Waals surface area contributed by atoms with Crippen LogP contribution >= 0.6 is 0 Å². The van der Waals surface area contributed by atoms with E-state index in [4.69, 9.17) is 14.2 Å². The maximum absolute atomic E-state index is 13.1. The zero-order valence-electron chi connectivity index (χ0n) is 17.5. The summed E-state index contributed by atoms with van der Waals surface area (Å²) in [5.74, 6) is 1.17. The number of ether oxygens (including phenoxy) is 3. The predicted octanol–water partition coefficient (Wildman–Crippen LogP) is 2.28. The van der Waals surface area contributed by atoms with Gasteiger partial charge >= 0.3 is 0 Å². The molecule has 0 aliphatic carbocycles. The van der Waals surface area contributed by atoms with Crippen LogP contribution in [0.4, 0.5) is 5.69 Å². The topological polar surface area (TPSA) is 85.4 Å². The first-order valence-corrected chi connectivity index (χ1v) is 11.1. The molecular weight excluding hydrogens is 408 g/mol. The van der Waals surface area contributed by atoms with Crippen molar-refractivity contribution in [2.24, 2.45) is 0 Å². The summed E-state index contributed by atoms with van der Waals surface area (Å²) < 4.78 is 42.9. The minimum absolute atomic E-state index is 0.0657. The van der Waals surface area contributed by atoms with Crippen molar-refractivity contribution >= 4 is 21.6 Å². The second-order valence-corrected chi connectivity index (χ2v) is 9.07. The van der Waals surface area contributed by atoms with Crippen LogP contribution in [0.1, 0.15) is 12.5 Å². The van der Waals surface area contributed by atoms with Crippen molar-refractivity contribution in [3.8, 4) is 17.2 Å². The highest BCUT2D eigenvalue weighted by Crippen LogP contribution is 2.35.